The van der Waals surface area contributed by atoms with Gasteiger partial charge in [0.15, 0.2) is 0 Å². The SMILES string of the molecule is O=C(NCCCN1CCNCC1)c1ccc(O)c(Cl)c1. The molecule has 0 saturated carbocycles. The molecule has 6 heteroatoms. The Hall–Kier alpha value is -1.30. The van der Waals surface area contributed by atoms with Gasteiger partial charge in [0.2, 0.25) is 0 Å². The fourth-order valence-electron chi connectivity index (χ4n) is 2.19. The predicted molar refractivity (Wildman–Crippen MR) is 79.4 cm³/mol. The maximum Gasteiger partial charge on any atom is 0.251 e. The zero-order valence-electron chi connectivity index (χ0n) is 11.4. The van der Waals surface area contributed by atoms with E-state index in [1.165, 1.54) is 12.1 Å². The highest BCUT2D eigenvalue weighted by Crippen LogP contribution is 2.23. The second-order valence-corrected chi connectivity index (χ2v) is 5.27. The number of hydrogen-bond acceptors (Lipinski definition) is 4. The van der Waals surface area contributed by atoms with E-state index in [0.717, 1.165) is 39.1 Å². The van der Waals surface area contributed by atoms with Crippen molar-refractivity contribution in [2.75, 3.05) is 39.3 Å². The van der Waals surface area contributed by atoms with Crippen molar-refractivity contribution in [3.8, 4) is 5.75 Å². The molecule has 1 saturated heterocycles. The van der Waals surface area contributed by atoms with Crippen LogP contribution in [0.15, 0.2) is 18.2 Å². The van der Waals surface area contributed by atoms with Gasteiger partial charge in [-0.2, -0.15) is 0 Å². The summed E-state index contributed by atoms with van der Waals surface area (Å²) in [5.74, 6) is -0.172. The minimum Gasteiger partial charge on any atom is -0.506 e. The van der Waals surface area contributed by atoms with E-state index in [1.54, 1.807) is 6.07 Å². The predicted octanol–water partition coefficient (Wildman–Crippen LogP) is 1.07. The highest BCUT2D eigenvalue weighted by atomic mass is 35.5. The van der Waals surface area contributed by atoms with Crippen LogP contribution in [-0.4, -0.2) is 55.2 Å². The molecule has 2 rings (SSSR count). The minimum absolute atomic E-state index is 0.0121. The fourth-order valence-corrected chi connectivity index (χ4v) is 2.37. The zero-order valence-corrected chi connectivity index (χ0v) is 12.1. The van der Waals surface area contributed by atoms with Crippen LogP contribution in [0.4, 0.5) is 0 Å². The van der Waals surface area contributed by atoms with Crippen molar-refractivity contribution in [2.45, 2.75) is 6.42 Å². The minimum atomic E-state index is -0.160. The summed E-state index contributed by atoms with van der Waals surface area (Å²) in [6.45, 7) is 5.86. The topological polar surface area (TPSA) is 64.6 Å². The monoisotopic (exact) mass is 297 g/mol. The van der Waals surface area contributed by atoms with Crippen LogP contribution in [0.5, 0.6) is 5.75 Å². The molecule has 3 N–H and O–H groups in total. The number of phenolic OH excluding ortho intramolecular Hbond substituents is 1. The second kappa shape index (κ2) is 7.47. The van der Waals surface area contributed by atoms with E-state index in [-0.39, 0.29) is 16.7 Å². The summed E-state index contributed by atoms with van der Waals surface area (Å²) in [4.78, 5) is 14.3. The molecule has 1 aromatic rings. The lowest BCUT2D eigenvalue weighted by Gasteiger charge is -2.27. The van der Waals surface area contributed by atoms with E-state index in [0.29, 0.717) is 12.1 Å². The normalized spacial score (nSPS) is 16.1. The molecule has 0 spiro atoms. The van der Waals surface area contributed by atoms with Crippen molar-refractivity contribution < 1.29 is 9.90 Å². The molecule has 0 bridgehead atoms. The van der Waals surface area contributed by atoms with Gasteiger partial charge >= 0.3 is 0 Å². The number of amides is 1. The Morgan fingerprint density at radius 3 is 2.85 bits per heavy atom. The van der Waals surface area contributed by atoms with E-state index < -0.39 is 0 Å². The quantitative estimate of drug-likeness (QED) is 0.712. The van der Waals surface area contributed by atoms with Crippen molar-refractivity contribution in [3.05, 3.63) is 28.8 Å². The molecule has 0 aliphatic carbocycles. The van der Waals surface area contributed by atoms with Crippen molar-refractivity contribution in [1.82, 2.24) is 15.5 Å². The Morgan fingerprint density at radius 2 is 2.15 bits per heavy atom. The molecule has 1 aliphatic heterocycles. The molecule has 0 atom stereocenters. The summed E-state index contributed by atoms with van der Waals surface area (Å²) in [6.07, 6.45) is 0.928. The molecule has 5 nitrogen and oxygen atoms in total. The van der Waals surface area contributed by atoms with Gasteiger partial charge in [-0.25, -0.2) is 0 Å². The number of halogens is 1. The first-order chi connectivity index (χ1) is 9.66. The summed E-state index contributed by atoms with van der Waals surface area (Å²) in [5, 5.41) is 15.7. The molecule has 1 aliphatic rings. The molecule has 1 fully saturated rings. The molecule has 110 valence electrons. The number of hydrogen-bond donors (Lipinski definition) is 3. The number of benzene rings is 1. The van der Waals surface area contributed by atoms with Crippen LogP contribution >= 0.6 is 11.6 Å². The van der Waals surface area contributed by atoms with Crippen molar-refractivity contribution in [3.63, 3.8) is 0 Å². The van der Waals surface area contributed by atoms with Gasteiger partial charge < -0.3 is 20.6 Å². The van der Waals surface area contributed by atoms with Gasteiger partial charge in [0.1, 0.15) is 5.75 Å². The lowest BCUT2D eigenvalue weighted by atomic mass is 10.2. The van der Waals surface area contributed by atoms with Gasteiger partial charge in [-0.1, -0.05) is 11.6 Å². The van der Waals surface area contributed by atoms with E-state index in [4.69, 9.17) is 11.6 Å². The summed E-state index contributed by atoms with van der Waals surface area (Å²) >= 11 is 5.78. The Kier molecular flexibility index (Phi) is 5.64. The number of nitrogens with one attached hydrogen (secondary N) is 2. The third-order valence-corrected chi connectivity index (χ3v) is 3.66. The first-order valence-corrected chi connectivity index (χ1v) is 7.24. The number of phenols is 1. The standard InChI is InChI=1S/C14H20ClN3O2/c15-12-10-11(2-3-13(12)19)14(20)17-4-1-7-18-8-5-16-6-9-18/h2-3,10,16,19H,1,4-9H2,(H,17,20). The van der Waals surface area contributed by atoms with Gasteiger partial charge in [0.25, 0.3) is 5.91 Å². The number of nitrogens with zero attached hydrogens (tertiary/aromatic N) is 1. The van der Waals surface area contributed by atoms with Crippen LogP contribution in [-0.2, 0) is 0 Å². The first kappa shape index (κ1) is 15.1. The molecular formula is C14H20ClN3O2. The highest BCUT2D eigenvalue weighted by molar-refractivity contribution is 6.32. The Balaban J connectivity index is 1.70. The van der Waals surface area contributed by atoms with Crippen molar-refractivity contribution in [1.29, 1.82) is 0 Å². The summed E-state index contributed by atoms with van der Waals surface area (Å²) < 4.78 is 0. The van der Waals surface area contributed by atoms with Crippen LogP contribution in [0, 0.1) is 0 Å². The molecule has 0 radical (unpaired) electrons. The second-order valence-electron chi connectivity index (χ2n) is 4.87. The van der Waals surface area contributed by atoms with Crippen molar-refractivity contribution in [2.24, 2.45) is 0 Å². The number of piperazine rings is 1. The molecule has 0 unspecified atom stereocenters. The summed E-state index contributed by atoms with van der Waals surface area (Å²) in [6, 6.07) is 4.47. The Labute approximate surface area is 123 Å². The maximum atomic E-state index is 11.9. The van der Waals surface area contributed by atoms with Gasteiger partial charge in [-0.3, -0.25) is 4.79 Å². The molecular weight excluding hydrogens is 278 g/mol. The number of carbonyl (C=O) groups excluding carboxylic acids is 1. The Morgan fingerprint density at radius 1 is 1.40 bits per heavy atom. The molecule has 1 aromatic carbocycles. The summed E-state index contributed by atoms with van der Waals surface area (Å²) in [7, 11) is 0. The van der Waals surface area contributed by atoms with Crippen LogP contribution in [0.2, 0.25) is 5.02 Å². The van der Waals surface area contributed by atoms with Gasteiger partial charge in [0.05, 0.1) is 5.02 Å². The van der Waals surface area contributed by atoms with Gasteiger partial charge in [-0.05, 0) is 31.2 Å². The number of aromatic hydroxyl groups is 1. The molecule has 20 heavy (non-hydrogen) atoms. The molecule has 0 aromatic heterocycles. The summed E-state index contributed by atoms with van der Waals surface area (Å²) in [5.41, 5.74) is 0.468. The van der Waals surface area contributed by atoms with Crippen LogP contribution in [0.3, 0.4) is 0 Å². The highest BCUT2D eigenvalue weighted by Gasteiger charge is 2.10. The largest absolute Gasteiger partial charge is 0.506 e. The molecule has 1 heterocycles. The van der Waals surface area contributed by atoms with Gasteiger partial charge in [0, 0.05) is 38.3 Å². The third kappa shape index (κ3) is 4.37. The lowest BCUT2D eigenvalue weighted by Crippen LogP contribution is -2.44. The lowest BCUT2D eigenvalue weighted by molar-refractivity contribution is 0.0951. The number of rotatable bonds is 5. The third-order valence-electron chi connectivity index (χ3n) is 3.36. The van der Waals surface area contributed by atoms with Crippen LogP contribution in [0.25, 0.3) is 0 Å². The van der Waals surface area contributed by atoms with E-state index in [2.05, 4.69) is 15.5 Å². The maximum absolute atomic E-state index is 11.9. The van der Waals surface area contributed by atoms with Crippen molar-refractivity contribution >= 4 is 17.5 Å². The first-order valence-electron chi connectivity index (χ1n) is 6.86. The average molecular weight is 298 g/mol. The van der Waals surface area contributed by atoms with Crippen LogP contribution < -0.4 is 10.6 Å². The van der Waals surface area contributed by atoms with E-state index in [1.807, 2.05) is 0 Å². The van der Waals surface area contributed by atoms with Gasteiger partial charge in [-0.15, -0.1) is 0 Å². The fraction of sp³-hybridized carbons (Fsp3) is 0.500. The van der Waals surface area contributed by atoms with E-state index in [9.17, 15) is 9.90 Å². The Bertz CT molecular complexity index is 462. The zero-order chi connectivity index (χ0) is 14.4. The smallest absolute Gasteiger partial charge is 0.251 e. The molecule has 1 amide bonds. The number of carbonyl (C=O) groups is 1. The average Bonchev–Trinajstić information content (AvgIpc) is 2.47. The van der Waals surface area contributed by atoms with E-state index >= 15 is 0 Å². The van der Waals surface area contributed by atoms with Crippen LogP contribution in [0.1, 0.15) is 16.8 Å².